The second-order valence-corrected chi connectivity index (χ2v) is 7.18. The molecule has 0 aromatic heterocycles. The molecule has 0 bridgehead atoms. The van der Waals surface area contributed by atoms with Crippen LogP contribution in [0.5, 0.6) is 0 Å². The second-order valence-electron chi connectivity index (χ2n) is 7.18. The third-order valence-corrected chi connectivity index (χ3v) is 3.70. The van der Waals surface area contributed by atoms with E-state index in [1.54, 1.807) is 0 Å². The first-order valence-corrected chi connectivity index (χ1v) is 6.95. The van der Waals surface area contributed by atoms with E-state index < -0.39 is 0 Å². The van der Waals surface area contributed by atoms with E-state index in [0.29, 0.717) is 23.3 Å². The highest BCUT2D eigenvalue weighted by Crippen LogP contribution is 2.45. The van der Waals surface area contributed by atoms with E-state index in [2.05, 4.69) is 39.1 Å². The van der Waals surface area contributed by atoms with E-state index >= 15 is 0 Å². The van der Waals surface area contributed by atoms with Gasteiger partial charge in [0.15, 0.2) is 0 Å². The van der Waals surface area contributed by atoms with Gasteiger partial charge in [-0.05, 0) is 49.5 Å². The minimum absolute atomic E-state index is 0.464. The Morgan fingerprint density at radius 1 is 1.12 bits per heavy atom. The van der Waals surface area contributed by atoms with Crippen LogP contribution >= 0.6 is 0 Å². The molecule has 1 aliphatic carbocycles. The molecule has 0 atom stereocenters. The van der Waals surface area contributed by atoms with Crippen LogP contribution < -0.4 is 5.32 Å². The van der Waals surface area contributed by atoms with Crippen LogP contribution in [0.25, 0.3) is 0 Å². The van der Waals surface area contributed by atoms with Crippen LogP contribution in [0.1, 0.15) is 66.2 Å². The molecule has 2 nitrogen and oxygen atoms in total. The van der Waals surface area contributed by atoms with Gasteiger partial charge in [0.2, 0.25) is 0 Å². The van der Waals surface area contributed by atoms with Crippen molar-refractivity contribution in [3.63, 3.8) is 0 Å². The third-order valence-electron chi connectivity index (χ3n) is 3.70. The largest absolute Gasteiger partial charge is 0.314 e. The van der Waals surface area contributed by atoms with Crippen LogP contribution in [-0.2, 0) is 0 Å². The Hall–Kier alpha value is -0.550. The van der Waals surface area contributed by atoms with Crippen molar-refractivity contribution in [1.82, 2.24) is 5.32 Å². The van der Waals surface area contributed by atoms with Gasteiger partial charge in [-0.1, -0.05) is 27.7 Å². The molecule has 0 amide bonds. The van der Waals surface area contributed by atoms with Crippen LogP contribution in [0, 0.1) is 22.2 Å². The van der Waals surface area contributed by atoms with E-state index in [0.717, 1.165) is 19.4 Å². The van der Waals surface area contributed by atoms with Gasteiger partial charge in [-0.3, -0.25) is 0 Å². The van der Waals surface area contributed by atoms with Gasteiger partial charge in [0.1, 0.15) is 0 Å². The fourth-order valence-electron chi connectivity index (χ4n) is 3.63. The maximum Gasteiger partial charge on any atom is 0.0621 e. The maximum atomic E-state index is 8.48. The molecule has 0 aromatic carbocycles. The van der Waals surface area contributed by atoms with Crippen molar-refractivity contribution < 1.29 is 0 Å². The van der Waals surface area contributed by atoms with Crippen molar-refractivity contribution in [2.75, 3.05) is 6.54 Å². The quantitative estimate of drug-likeness (QED) is 0.735. The fourth-order valence-corrected chi connectivity index (χ4v) is 3.63. The van der Waals surface area contributed by atoms with E-state index in [1.807, 2.05) is 0 Å². The molecule has 2 heteroatoms. The van der Waals surface area contributed by atoms with Crippen molar-refractivity contribution in [3.05, 3.63) is 0 Å². The third kappa shape index (κ3) is 5.55. The molecule has 0 spiro atoms. The Bertz CT molecular complexity index is 257. The molecular weight excluding hydrogens is 208 g/mol. The summed E-state index contributed by atoms with van der Waals surface area (Å²) < 4.78 is 0. The van der Waals surface area contributed by atoms with Gasteiger partial charge in [0.05, 0.1) is 6.07 Å². The number of nitrogens with one attached hydrogen (secondary N) is 1. The molecule has 98 valence electrons. The lowest BCUT2D eigenvalue weighted by molar-refractivity contribution is 0.0851. The Morgan fingerprint density at radius 2 is 1.71 bits per heavy atom. The normalized spacial score (nSPS) is 23.2. The number of hydrogen-bond acceptors (Lipinski definition) is 2. The summed E-state index contributed by atoms with van der Waals surface area (Å²) in [5, 5.41) is 12.2. The topological polar surface area (TPSA) is 35.8 Å². The predicted molar refractivity (Wildman–Crippen MR) is 72.7 cm³/mol. The highest BCUT2D eigenvalue weighted by molar-refractivity contribution is 4.92. The molecule has 17 heavy (non-hydrogen) atoms. The van der Waals surface area contributed by atoms with Gasteiger partial charge in [-0.2, -0.15) is 5.26 Å². The van der Waals surface area contributed by atoms with E-state index in [9.17, 15) is 0 Å². The average Bonchev–Trinajstić information content (AvgIpc) is 2.12. The molecule has 1 fully saturated rings. The van der Waals surface area contributed by atoms with Gasteiger partial charge < -0.3 is 5.32 Å². The molecule has 1 aliphatic rings. The van der Waals surface area contributed by atoms with Gasteiger partial charge in [0.25, 0.3) is 0 Å². The van der Waals surface area contributed by atoms with Crippen LogP contribution in [0.2, 0.25) is 0 Å². The van der Waals surface area contributed by atoms with Crippen molar-refractivity contribution in [3.8, 4) is 6.07 Å². The monoisotopic (exact) mass is 236 g/mol. The second kappa shape index (κ2) is 5.87. The zero-order chi connectivity index (χ0) is 12.9. The summed E-state index contributed by atoms with van der Waals surface area (Å²) >= 11 is 0. The highest BCUT2D eigenvalue weighted by Gasteiger charge is 2.37. The molecule has 0 aromatic rings. The van der Waals surface area contributed by atoms with E-state index in [-0.39, 0.29) is 0 Å². The molecular formula is C15H28N2. The number of unbranched alkanes of at least 4 members (excludes halogenated alkanes) is 2. The molecule has 1 N–H and O–H groups in total. The number of nitrogens with zero attached hydrogens (tertiary/aromatic N) is 1. The summed E-state index contributed by atoms with van der Waals surface area (Å²) in [5.41, 5.74) is 0.929. The number of hydrogen-bond donors (Lipinski definition) is 1. The van der Waals surface area contributed by atoms with Crippen molar-refractivity contribution in [1.29, 1.82) is 5.26 Å². The first kappa shape index (κ1) is 14.5. The Labute approximate surface area is 107 Å². The summed E-state index contributed by atoms with van der Waals surface area (Å²) in [5.74, 6) is 0. The van der Waals surface area contributed by atoms with Gasteiger partial charge in [-0.25, -0.2) is 0 Å². The van der Waals surface area contributed by atoms with Crippen molar-refractivity contribution in [2.45, 2.75) is 72.3 Å². The van der Waals surface area contributed by atoms with E-state index in [4.69, 9.17) is 5.26 Å². The Morgan fingerprint density at radius 3 is 2.24 bits per heavy atom. The molecule has 1 rings (SSSR count). The average molecular weight is 236 g/mol. The predicted octanol–water partition coefficient (Wildman–Crippen LogP) is 3.87. The maximum absolute atomic E-state index is 8.48. The summed E-state index contributed by atoms with van der Waals surface area (Å²) in [7, 11) is 0. The first-order valence-electron chi connectivity index (χ1n) is 6.95. The van der Waals surface area contributed by atoms with Gasteiger partial charge in [0, 0.05) is 12.5 Å². The minimum atomic E-state index is 0.464. The fraction of sp³-hybridized carbons (Fsp3) is 0.933. The van der Waals surface area contributed by atoms with Crippen LogP contribution in [0.3, 0.4) is 0 Å². The molecule has 0 radical (unpaired) electrons. The molecule has 0 aliphatic heterocycles. The lowest BCUT2D eigenvalue weighted by atomic mass is 9.63. The number of rotatable bonds is 5. The van der Waals surface area contributed by atoms with Gasteiger partial charge in [-0.15, -0.1) is 0 Å². The molecule has 1 saturated carbocycles. The number of nitriles is 1. The zero-order valence-corrected chi connectivity index (χ0v) is 12.0. The summed E-state index contributed by atoms with van der Waals surface area (Å²) in [4.78, 5) is 0. The summed E-state index contributed by atoms with van der Waals surface area (Å²) in [6.07, 6.45) is 6.76. The van der Waals surface area contributed by atoms with Crippen LogP contribution in [0.15, 0.2) is 0 Å². The van der Waals surface area contributed by atoms with E-state index in [1.165, 1.54) is 19.3 Å². The molecule has 0 saturated heterocycles. The summed E-state index contributed by atoms with van der Waals surface area (Å²) in [6.45, 7) is 10.6. The summed E-state index contributed by atoms with van der Waals surface area (Å²) in [6, 6.07) is 2.87. The first-order chi connectivity index (χ1) is 7.85. The van der Waals surface area contributed by atoms with Crippen molar-refractivity contribution in [2.24, 2.45) is 10.8 Å². The standard InChI is InChI=1S/C15H28N2/c1-14(2)10-13(11-15(3,4)12-14)17-9-7-5-6-8-16/h13,17H,5-7,9-12H2,1-4H3. The lowest BCUT2D eigenvalue weighted by Crippen LogP contribution is -2.44. The van der Waals surface area contributed by atoms with Crippen LogP contribution in [-0.4, -0.2) is 12.6 Å². The Balaban J connectivity index is 2.31. The van der Waals surface area contributed by atoms with Crippen LogP contribution in [0.4, 0.5) is 0 Å². The minimum Gasteiger partial charge on any atom is -0.314 e. The highest BCUT2D eigenvalue weighted by atomic mass is 14.9. The SMILES string of the molecule is CC1(C)CC(NCCCCC#N)CC(C)(C)C1. The zero-order valence-electron chi connectivity index (χ0n) is 12.0. The lowest BCUT2D eigenvalue weighted by Gasteiger charge is -2.45. The van der Waals surface area contributed by atoms with Gasteiger partial charge >= 0.3 is 0 Å². The Kier molecular flexibility index (Phi) is 5.01. The van der Waals surface area contributed by atoms with Crippen molar-refractivity contribution >= 4 is 0 Å². The molecule has 0 heterocycles. The molecule has 0 unspecified atom stereocenters. The smallest absolute Gasteiger partial charge is 0.0621 e.